The predicted molar refractivity (Wildman–Crippen MR) is 129 cm³/mol. The lowest BCUT2D eigenvalue weighted by atomic mass is 9.96. The van der Waals surface area contributed by atoms with E-state index in [0.717, 1.165) is 5.56 Å². The molecule has 0 saturated heterocycles. The van der Waals surface area contributed by atoms with E-state index in [2.05, 4.69) is 16.4 Å². The van der Waals surface area contributed by atoms with E-state index in [9.17, 15) is 23.0 Å². The molecule has 4 rings (SSSR count). The molecule has 1 heterocycles. The smallest absolute Gasteiger partial charge is 0.269 e. The molecule has 0 fully saturated rings. The van der Waals surface area contributed by atoms with Crippen molar-refractivity contribution in [3.63, 3.8) is 0 Å². The number of para-hydroxylation sites is 1. The molecule has 170 valence electrons. The highest BCUT2D eigenvalue weighted by Crippen LogP contribution is 2.32. The Bertz CT molecular complexity index is 1480. The highest BCUT2D eigenvalue weighted by molar-refractivity contribution is 7.85. The molecule has 0 aliphatic rings. The second kappa shape index (κ2) is 9.83. The van der Waals surface area contributed by atoms with Gasteiger partial charge in [0.2, 0.25) is 0 Å². The quantitative estimate of drug-likeness (QED) is 0.378. The summed E-state index contributed by atoms with van der Waals surface area (Å²) in [6.45, 7) is 0. The van der Waals surface area contributed by atoms with Gasteiger partial charge < -0.3 is 5.32 Å². The Balaban J connectivity index is 1.93. The standard InChI is InChI=1S/C26H21N3O4S/c27-16-15-22(18-9-3-1-4-10-18)29-26(30)24-20-13-7-8-14-23(20)28-25(19-11-5-2-6-12-19)21(24)17-34(31,32)33/h1-14,22H,15,17H2,(H,29,30)(H,31,32,33)/t22-/m0/s1. The van der Waals surface area contributed by atoms with Crippen molar-refractivity contribution in [2.75, 3.05) is 0 Å². The Hall–Kier alpha value is -4.06. The zero-order chi connectivity index (χ0) is 24.1. The van der Waals surface area contributed by atoms with E-state index in [1.807, 2.05) is 24.3 Å². The molecule has 0 aliphatic heterocycles. The highest BCUT2D eigenvalue weighted by atomic mass is 32.2. The Kier molecular flexibility index (Phi) is 6.68. The van der Waals surface area contributed by atoms with E-state index in [1.165, 1.54) is 0 Å². The van der Waals surface area contributed by atoms with Crippen molar-refractivity contribution in [3.8, 4) is 17.3 Å². The van der Waals surface area contributed by atoms with Crippen LogP contribution in [0.15, 0.2) is 84.9 Å². The molecule has 0 spiro atoms. The molecule has 0 aliphatic carbocycles. The molecular formula is C26H21N3O4S. The number of nitrogens with one attached hydrogen (secondary N) is 1. The van der Waals surface area contributed by atoms with Crippen LogP contribution < -0.4 is 5.32 Å². The second-order valence-corrected chi connectivity index (χ2v) is 9.17. The van der Waals surface area contributed by atoms with E-state index in [0.29, 0.717) is 22.2 Å². The van der Waals surface area contributed by atoms with Gasteiger partial charge in [0.15, 0.2) is 0 Å². The van der Waals surface area contributed by atoms with E-state index >= 15 is 0 Å². The fraction of sp³-hybridized carbons (Fsp3) is 0.115. The number of amides is 1. The molecule has 1 aromatic heterocycles. The van der Waals surface area contributed by atoms with Gasteiger partial charge in [0.25, 0.3) is 16.0 Å². The molecule has 1 atom stereocenters. The zero-order valence-corrected chi connectivity index (χ0v) is 18.9. The van der Waals surface area contributed by atoms with Gasteiger partial charge in [-0.15, -0.1) is 0 Å². The number of nitriles is 1. The predicted octanol–water partition coefficient (Wildman–Crippen LogP) is 4.67. The van der Waals surface area contributed by atoms with Crippen LogP contribution in [0, 0.1) is 11.3 Å². The summed E-state index contributed by atoms with van der Waals surface area (Å²) >= 11 is 0. The first-order chi connectivity index (χ1) is 16.4. The van der Waals surface area contributed by atoms with Crippen LogP contribution in [0.4, 0.5) is 0 Å². The van der Waals surface area contributed by atoms with Crippen molar-refractivity contribution in [1.29, 1.82) is 5.26 Å². The van der Waals surface area contributed by atoms with Gasteiger partial charge in [-0.05, 0) is 11.6 Å². The third-order valence-electron chi connectivity index (χ3n) is 5.40. The number of benzene rings is 3. The van der Waals surface area contributed by atoms with E-state index in [1.54, 1.807) is 60.7 Å². The van der Waals surface area contributed by atoms with Crippen molar-refractivity contribution in [1.82, 2.24) is 10.3 Å². The van der Waals surface area contributed by atoms with Crippen molar-refractivity contribution in [3.05, 3.63) is 102 Å². The first kappa shape index (κ1) is 23.1. The minimum absolute atomic E-state index is 0.0257. The summed E-state index contributed by atoms with van der Waals surface area (Å²) in [5, 5.41) is 12.7. The van der Waals surface area contributed by atoms with Crippen LogP contribution in [-0.4, -0.2) is 23.9 Å². The van der Waals surface area contributed by atoms with Gasteiger partial charge in [0.05, 0.1) is 35.3 Å². The third kappa shape index (κ3) is 5.12. The number of nitrogens with zero attached hydrogens (tertiary/aromatic N) is 2. The first-order valence-electron chi connectivity index (χ1n) is 10.5. The molecule has 7 nitrogen and oxygen atoms in total. The minimum Gasteiger partial charge on any atom is -0.344 e. The van der Waals surface area contributed by atoms with Crippen molar-refractivity contribution >= 4 is 26.9 Å². The summed E-state index contributed by atoms with van der Waals surface area (Å²) in [6.07, 6.45) is 0.0257. The summed E-state index contributed by atoms with van der Waals surface area (Å²) in [7, 11) is -4.50. The van der Waals surface area contributed by atoms with Crippen LogP contribution in [0.25, 0.3) is 22.2 Å². The maximum atomic E-state index is 13.7. The SMILES string of the molecule is N#CC[C@H](NC(=O)c1c(CS(=O)(=O)O)c(-c2ccccc2)nc2ccccc12)c1ccccc1. The zero-order valence-electron chi connectivity index (χ0n) is 18.0. The average molecular weight is 472 g/mol. The number of carbonyl (C=O) groups is 1. The van der Waals surface area contributed by atoms with Crippen molar-refractivity contribution in [2.45, 2.75) is 18.2 Å². The van der Waals surface area contributed by atoms with Gasteiger partial charge >= 0.3 is 0 Å². The fourth-order valence-corrected chi connectivity index (χ4v) is 4.57. The number of carbonyl (C=O) groups excluding carboxylic acids is 1. The monoisotopic (exact) mass is 471 g/mol. The van der Waals surface area contributed by atoms with E-state index < -0.39 is 27.8 Å². The van der Waals surface area contributed by atoms with Crippen LogP contribution in [0.5, 0.6) is 0 Å². The van der Waals surface area contributed by atoms with Gasteiger partial charge in [0.1, 0.15) is 5.75 Å². The molecule has 2 N–H and O–H groups in total. The van der Waals surface area contributed by atoms with Gasteiger partial charge in [-0.2, -0.15) is 13.7 Å². The van der Waals surface area contributed by atoms with Crippen LogP contribution >= 0.6 is 0 Å². The van der Waals surface area contributed by atoms with E-state index in [-0.39, 0.29) is 17.5 Å². The lowest BCUT2D eigenvalue weighted by molar-refractivity contribution is 0.0938. The molecule has 3 aromatic carbocycles. The van der Waals surface area contributed by atoms with Crippen LogP contribution in [0.3, 0.4) is 0 Å². The molecule has 0 unspecified atom stereocenters. The Morgan fingerprint density at radius 3 is 2.24 bits per heavy atom. The van der Waals surface area contributed by atoms with Gasteiger partial charge in [-0.1, -0.05) is 78.9 Å². The molecule has 4 aromatic rings. The molecule has 0 saturated carbocycles. The topological polar surface area (TPSA) is 120 Å². The minimum atomic E-state index is -4.50. The maximum Gasteiger partial charge on any atom is 0.269 e. The van der Waals surface area contributed by atoms with Crippen LogP contribution in [0.2, 0.25) is 0 Å². The summed E-state index contributed by atoms with van der Waals surface area (Å²) < 4.78 is 33.7. The van der Waals surface area contributed by atoms with Crippen LogP contribution in [0.1, 0.15) is 33.9 Å². The highest BCUT2D eigenvalue weighted by Gasteiger charge is 2.26. The average Bonchev–Trinajstić information content (AvgIpc) is 2.83. The Morgan fingerprint density at radius 2 is 1.59 bits per heavy atom. The number of fused-ring (bicyclic) bond motifs is 1. The fourth-order valence-electron chi connectivity index (χ4n) is 3.93. The third-order valence-corrected chi connectivity index (χ3v) is 6.05. The molecule has 34 heavy (non-hydrogen) atoms. The summed E-state index contributed by atoms with van der Waals surface area (Å²) in [5.41, 5.74) is 2.34. The van der Waals surface area contributed by atoms with E-state index in [4.69, 9.17) is 0 Å². The van der Waals surface area contributed by atoms with Crippen molar-refractivity contribution < 1.29 is 17.8 Å². The summed E-state index contributed by atoms with van der Waals surface area (Å²) in [5.74, 6) is -1.34. The second-order valence-electron chi connectivity index (χ2n) is 7.72. The number of aromatic nitrogens is 1. The van der Waals surface area contributed by atoms with Gasteiger partial charge in [0, 0.05) is 16.5 Å². The lowest BCUT2D eigenvalue weighted by Gasteiger charge is -2.20. The number of rotatable bonds is 7. The molecular weight excluding hydrogens is 450 g/mol. The van der Waals surface area contributed by atoms with Gasteiger partial charge in [-0.3, -0.25) is 9.35 Å². The molecule has 8 heteroatoms. The molecule has 0 radical (unpaired) electrons. The Labute approximate surface area is 197 Å². The summed E-state index contributed by atoms with van der Waals surface area (Å²) in [4.78, 5) is 18.3. The number of pyridine rings is 1. The Morgan fingerprint density at radius 1 is 0.971 bits per heavy atom. The molecule has 0 bridgehead atoms. The lowest BCUT2D eigenvalue weighted by Crippen LogP contribution is -2.30. The maximum absolute atomic E-state index is 13.7. The largest absolute Gasteiger partial charge is 0.344 e. The normalized spacial score (nSPS) is 12.1. The van der Waals surface area contributed by atoms with Crippen LogP contribution in [-0.2, 0) is 15.9 Å². The first-order valence-corrected chi connectivity index (χ1v) is 12.1. The van der Waals surface area contributed by atoms with Gasteiger partial charge in [-0.25, -0.2) is 4.98 Å². The van der Waals surface area contributed by atoms with Crippen molar-refractivity contribution in [2.24, 2.45) is 0 Å². The number of hydrogen-bond acceptors (Lipinski definition) is 5. The molecule has 1 amide bonds. The number of hydrogen-bond donors (Lipinski definition) is 2. The summed E-state index contributed by atoms with van der Waals surface area (Å²) in [6, 6.07) is 26.4.